The molecule has 0 spiro atoms. The smallest absolute Gasteiger partial charge is 0.151 e. The molecule has 0 aromatic carbocycles. The van der Waals surface area contributed by atoms with Gasteiger partial charge in [-0.2, -0.15) is 17.7 Å². The van der Waals surface area contributed by atoms with Crippen molar-refractivity contribution in [2.24, 2.45) is 0 Å². The Bertz CT molecular complexity index is 187. The van der Waals surface area contributed by atoms with E-state index in [2.05, 4.69) is 22.8 Å². The molecule has 1 aromatic rings. The Balaban J connectivity index is 2.88. The highest BCUT2D eigenvalue weighted by atomic mass is 35.5. The lowest BCUT2D eigenvalue weighted by Crippen LogP contribution is -1.87. The van der Waals surface area contributed by atoms with Gasteiger partial charge in [0.2, 0.25) is 0 Å². The summed E-state index contributed by atoms with van der Waals surface area (Å²) in [6, 6.07) is 3.49. The Hall–Kier alpha value is -0.280. The van der Waals surface area contributed by atoms with Crippen LogP contribution in [0.3, 0.4) is 0 Å². The molecule has 0 bridgehead atoms. The van der Waals surface area contributed by atoms with E-state index in [1.165, 1.54) is 0 Å². The van der Waals surface area contributed by atoms with Crippen LogP contribution in [0.25, 0.3) is 0 Å². The summed E-state index contributed by atoms with van der Waals surface area (Å²) in [6.07, 6.45) is 0. The van der Waals surface area contributed by atoms with Crippen molar-refractivity contribution < 1.29 is 0 Å². The van der Waals surface area contributed by atoms with E-state index in [4.69, 9.17) is 11.6 Å². The second-order valence-corrected chi connectivity index (χ2v) is 2.21. The van der Waals surface area contributed by atoms with E-state index < -0.39 is 0 Å². The number of hydrogen-bond donors (Lipinski definition) is 1. The minimum absolute atomic E-state index is 0.417. The first-order valence-corrected chi connectivity index (χ1v) is 3.43. The molecule has 1 heterocycles. The van der Waals surface area contributed by atoms with Gasteiger partial charge in [-0.3, -0.25) is 0 Å². The Kier molecular flexibility index (Phi) is 2.30. The van der Waals surface area contributed by atoms with Crippen molar-refractivity contribution in [2.45, 2.75) is 5.75 Å². The van der Waals surface area contributed by atoms with E-state index >= 15 is 0 Å². The second kappa shape index (κ2) is 3.03. The summed E-state index contributed by atoms with van der Waals surface area (Å²) in [7, 11) is 0. The van der Waals surface area contributed by atoms with Crippen molar-refractivity contribution in [3.63, 3.8) is 0 Å². The van der Waals surface area contributed by atoms with Crippen molar-refractivity contribution in [2.75, 3.05) is 0 Å². The Morgan fingerprint density at radius 3 is 2.67 bits per heavy atom. The molecule has 0 unspecified atom stereocenters. The molecule has 0 saturated heterocycles. The summed E-state index contributed by atoms with van der Waals surface area (Å²) < 4.78 is 0. The van der Waals surface area contributed by atoms with Crippen molar-refractivity contribution in [3.8, 4) is 0 Å². The molecule has 0 radical (unpaired) electrons. The van der Waals surface area contributed by atoms with Gasteiger partial charge in [-0.25, -0.2) is 0 Å². The lowest BCUT2D eigenvalue weighted by Gasteiger charge is -1.90. The molecule has 0 amide bonds. The fourth-order valence-electron chi connectivity index (χ4n) is 0.428. The molecule has 0 fully saturated rings. The van der Waals surface area contributed by atoms with Gasteiger partial charge in [-0.15, -0.1) is 5.10 Å². The minimum atomic E-state index is 0.417. The van der Waals surface area contributed by atoms with E-state index in [0.29, 0.717) is 10.9 Å². The van der Waals surface area contributed by atoms with Gasteiger partial charge in [-0.05, 0) is 12.1 Å². The van der Waals surface area contributed by atoms with Crippen LogP contribution < -0.4 is 0 Å². The molecular formula is C5H5ClN2S. The molecule has 9 heavy (non-hydrogen) atoms. The van der Waals surface area contributed by atoms with Gasteiger partial charge in [0.05, 0.1) is 5.69 Å². The first-order chi connectivity index (χ1) is 4.33. The van der Waals surface area contributed by atoms with Gasteiger partial charge in [0.25, 0.3) is 0 Å². The molecular weight excluding hydrogens is 156 g/mol. The van der Waals surface area contributed by atoms with Gasteiger partial charge < -0.3 is 0 Å². The quantitative estimate of drug-likeness (QED) is 0.631. The third kappa shape index (κ3) is 1.84. The van der Waals surface area contributed by atoms with Crippen LogP contribution in [0, 0.1) is 0 Å². The second-order valence-electron chi connectivity index (χ2n) is 1.51. The number of nitrogens with zero attached hydrogens (tertiary/aromatic N) is 2. The van der Waals surface area contributed by atoms with E-state index in [9.17, 15) is 0 Å². The van der Waals surface area contributed by atoms with Crippen LogP contribution in [0.1, 0.15) is 5.69 Å². The largest absolute Gasteiger partial charge is 0.173 e. The maximum absolute atomic E-state index is 5.47. The molecule has 0 aliphatic carbocycles. The van der Waals surface area contributed by atoms with Gasteiger partial charge in [0, 0.05) is 5.75 Å². The molecule has 0 aliphatic rings. The standard InChI is InChI=1S/C5H5ClN2S/c6-5-2-1-4(3-9)7-8-5/h1-2,9H,3H2. The van der Waals surface area contributed by atoms with Crippen molar-refractivity contribution in [1.82, 2.24) is 10.2 Å². The summed E-state index contributed by atoms with van der Waals surface area (Å²) in [6.45, 7) is 0. The Morgan fingerprint density at radius 2 is 2.22 bits per heavy atom. The first kappa shape index (κ1) is 6.83. The van der Waals surface area contributed by atoms with Crippen LogP contribution in [-0.4, -0.2) is 10.2 Å². The number of rotatable bonds is 1. The maximum atomic E-state index is 5.47. The molecule has 2 nitrogen and oxygen atoms in total. The summed E-state index contributed by atoms with van der Waals surface area (Å²) in [4.78, 5) is 0. The van der Waals surface area contributed by atoms with Crippen LogP contribution in [0.2, 0.25) is 5.15 Å². The lowest BCUT2D eigenvalue weighted by atomic mass is 10.4. The van der Waals surface area contributed by atoms with Gasteiger partial charge >= 0.3 is 0 Å². The minimum Gasteiger partial charge on any atom is -0.173 e. The third-order valence-corrected chi connectivity index (χ3v) is 1.37. The first-order valence-electron chi connectivity index (χ1n) is 2.42. The van der Waals surface area contributed by atoms with Gasteiger partial charge in [0.15, 0.2) is 5.15 Å². The molecule has 48 valence electrons. The lowest BCUT2D eigenvalue weighted by molar-refractivity contribution is 0.973. The SMILES string of the molecule is SCc1ccc(Cl)nn1. The van der Waals surface area contributed by atoms with Crippen LogP contribution in [0.15, 0.2) is 12.1 Å². The molecule has 0 aliphatic heterocycles. The average Bonchev–Trinajstić information content (AvgIpc) is 1.90. The number of thiol groups is 1. The highest BCUT2D eigenvalue weighted by molar-refractivity contribution is 7.79. The van der Waals surface area contributed by atoms with Crippen LogP contribution in [-0.2, 0) is 5.75 Å². The number of halogens is 1. The molecule has 0 atom stereocenters. The number of aromatic nitrogens is 2. The molecule has 0 N–H and O–H groups in total. The maximum Gasteiger partial charge on any atom is 0.151 e. The highest BCUT2D eigenvalue weighted by Crippen LogP contribution is 2.02. The summed E-state index contributed by atoms with van der Waals surface area (Å²) >= 11 is 9.47. The summed E-state index contributed by atoms with van der Waals surface area (Å²) in [5, 5.41) is 7.77. The average molecular weight is 161 g/mol. The summed E-state index contributed by atoms with van der Waals surface area (Å²) in [5.74, 6) is 0.601. The fraction of sp³-hybridized carbons (Fsp3) is 0.200. The Morgan fingerprint density at radius 1 is 1.44 bits per heavy atom. The topological polar surface area (TPSA) is 25.8 Å². The van der Waals surface area contributed by atoms with Crippen LogP contribution in [0.5, 0.6) is 0 Å². The summed E-state index contributed by atoms with van der Waals surface area (Å²) in [5.41, 5.74) is 0.836. The predicted octanol–water partition coefficient (Wildman–Crippen LogP) is 1.56. The molecule has 1 rings (SSSR count). The van der Waals surface area contributed by atoms with E-state index in [-0.39, 0.29) is 0 Å². The molecule has 1 aromatic heterocycles. The normalized spacial score (nSPS) is 9.56. The monoisotopic (exact) mass is 160 g/mol. The number of hydrogen-bond acceptors (Lipinski definition) is 3. The van der Waals surface area contributed by atoms with Gasteiger partial charge in [0.1, 0.15) is 0 Å². The predicted molar refractivity (Wildman–Crippen MR) is 39.7 cm³/mol. The van der Waals surface area contributed by atoms with E-state index in [1.807, 2.05) is 0 Å². The fourth-order valence-corrected chi connectivity index (χ4v) is 0.697. The van der Waals surface area contributed by atoms with Crippen LogP contribution >= 0.6 is 24.2 Å². The molecule has 4 heteroatoms. The van der Waals surface area contributed by atoms with Crippen molar-refractivity contribution in [3.05, 3.63) is 23.0 Å². The van der Waals surface area contributed by atoms with Crippen LogP contribution in [0.4, 0.5) is 0 Å². The van der Waals surface area contributed by atoms with Crippen molar-refractivity contribution in [1.29, 1.82) is 0 Å². The van der Waals surface area contributed by atoms with E-state index in [0.717, 1.165) is 5.69 Å². The van der Waals surface area contributed by atoms with E-state index in [1.54, 1.807) is 12.1 Å². The zero-order valence-electron chi connectivity index (χ0n) is 4.58. The third-order valence-electron chi connectivity index (χ3n) is 0.849. The van der Waals surface area contributed by atoms with Gasteiger partial charge in [-0.1, -0.05) is 11.6 Å². The van der Waals surface area contributed by atoms with Crippen molar-refractivity contribution >= 4 is 24.2 Å². The Labute approximate surface area is 63.7 Å². The zero-order valence-corrected chi connectivity index (χ0v) is 6.23. The highest BCUT2D eigenvalue weighted by Gasteiger charge is 1.90. The molecule has 0 saturated carbocycles. The zero-order chi connectivity index (χ0) is 6.69.